The third-order valence-corrected chi connectivity index (χ3v) is 13.2. The molecular formula is C43H47ClN8O7. The van der Waals surface area contributed by atoms with Gasteiger partial charge in [0.1, 0.15) is 24.0 Å². The minimum Gasteiger partial charge on any atom is -0.490 e. The predicted octanol–water partition coefficient (Wildman–Crippen LogP) is 5.08. The molecule has 0 radical (unpaired) electrons. The number of halogens is 1. The predicted molar refractivity (Wildman–Crippen MR) is 216 cm³/mol. The van der Waals surface area contributed by atoms with Crippen LogP contribution in [0.1, 0.15) is 90.6 Å². The monoisotopic (exact) mass is 822 g/mol. The molecule has 2 N–H and O–H groups in total. The summed E-state index contributed by atoms with van der Waals surface area (Å²) in [7, 11) is 0. The molecular weight excluding hydrogens is 776 g/mol. The zero-order chi connectivity index (χ0) is 40.7. The van der Waals surface area contributed by atoms with Gasteiger partial charge in [-0.3, -0.25) is 24.5 Å². The molecule has 1 aliphatic carbocycles. The summed E-state index contributed by atoms with van der Waals surface area (Å²) < 4.78 is 19.0. The second-order valence-corrected chi connectivity index (χ2v) is 17.1. The van der Waals surface area contributed by atoms with E-state index in [-0.39, 0.29) is 36.3 Å². The van der Waals surface area contributed by atoms with Crippen LogP contribution in [0.15, 0.2) is 42.5 Å². The molecule has 4 fully saturated rings. The molecule has 1 unspecified atom stereocenters. The van der Waals surface area contributed by atoms with Crippen LogP contribution in [0.25, 0.3) is 4.85 Å². The number of carbonyl (C=O) groups excluding carboxylic acids is 4. The molecule has 16 heteroatoms. The standard InChI is InChI=1S/C43H47ClN8O7/c1-45-33-7-6-30(21-32(33)44)58-29-4-2-28(3-5-29)46-40(54)34-8-10-38(49-48-34)51-16-12-26(13-17-51)23-50-18-14-43(15-19-50)25-57-36-22-31-27(20-37(36)59-43)24-52(42(31)56)35-9-11-39(53)47-41(35)55/h6-8,10,20-22,26,28-29,35H,2-5,9,11-19,23-25H2,(H,46,54)(H,47,53,55). The second kappa shape index (κ2) is 16.3. The first-order valence-electron chi connectivity index (χ1n) is 20.7. The van der Waals surface area contributed by atoms with E-state index >= 15 is 0 Å². The van der Waals surface area contributed by atoms with Gasteiger partial charge in [-0.05, 0) is 92.8 Å². The molecule has 3 saturated heterocycles. The highest BCUT2D eigenvalue weighted by molar-refractivity contribution is 6.33. The van der Waals surface area contributed by atoms with Crippen LogP contribution in [-0.4, -0.2) is 107 Å². The van der Waals surface area contributed by atoms with E-state index in [1.54, 1.807) is 35.2 Å². The fraction of sp³-hybridized carbons (Fsp3) is 0.512. The Labute approximate surface area is 347 Å². The summed E-state index contributed by atoms with van der Waals surface area (Å²) in [6.45, 7) is 12.5. The van der Waals surface area contributed by atoms with Crippen molar-refractivity contribution < 1.29 is 33.4 Å². The van der Waals surface area contributed by atoms with Crippen LogP contribution in [0, 0.1) is 12.5 Å². The lowest BCUT2D eigenvalue weighted by Gasteiger charge is -2.45. The van der Waals surface area contributed by atoms with E-state index in [2.05, 4.69) is 35.5 Å². The van der Waals surface area contributed by atoms with Crippen molar-refractivity contribution in [3.8, 4) is 17.2 Å². The van der Waals surface area contributed by atoms with E-state index in [9.17, 15) is 19.2 Å². The fourth-order valence-corrected chi connectivity index (χ4v) is 9.59. The van der Waals surface area contributed by atoms with Crippen LogP contribution in [0.2, 0.25) is 5.02 Å². The van der Waals surface area contributed by atoms with Crippen LogP contribution in [0.4, 0.5) is 11.5 Å². The Hall–Kier alpha value is -5.46. The van der Waals surface area contributed by atoms with Crippen molar-refractivity contribution in [2.75, 3.05) is 44.2 Å². The minimum atomic E-state index is -0.662. The first-order chi connectivity index (χ1) is 28.6. The number of imide groups is 1. The molecule has 2 aromatic carbocycles. The third-order valence-electron chi connectivity index (χ3n) is 12.9. The maximum Gasteiger partial charge on any atom is 0.272 e. The smallest absolute Gasteiger partial charge is 0.272 e. The fourth-order valence-electron chi connectivity index (χ4n) is 9.38. The number of benzene rings is 2. The van der Waals surface area contributed by atoms with E-state index < -0.39 is 17.6 Å². The highest BCUT2D eigenvalue weighted by atomic mass is 35.5. The largest absolute Gasteiger partial charge is 0.490 e. The van der Waals surface area contributed by atoms with Gasteiger partial charge in [-0.2, -0.15) is 0 Å². The highest BCUT2D eigenvalue weighted by Gasteiger charge is 2.44. The van der Waals surface area contributed by atoms with Gasteiger partial charge in [0, 0.05) is 70.1 Å². The summed E-state index contributed by atoms with van der Waals surface area (Å²) in [5.74, 6) is 2.03. The summed E-state index contributed by atoms with van der Waals surface area (Å²) in [4.78, 5) is 60.2. The molecule has 1 atom stereocenters. The zero-order valence-corrected chi connectivity index (χ0v) is 33.5. The summed E-state index contributed by atoms with van der Waals surface area (Å²) in [6.07, 6.45) is 7.52. The molecule has 1 aromatic heterocycles. The van der Waals surface area contributed by atoms with Gasteiger partial charge in [0.2, 0.25) is 17.5 Å². The first kappa shape index (κ1) is 39.0. The summed E-state index contributed by atoms with van der Waals surface area (Å²) >= 11 is 6.16. The van der Waals surface area contributed by atoms with E-state index in [4.69, 9.17) is 32.4 Å². The maximum atomic E-state index is 13.3. The van der Waals surface area contributed by atoms with Crippen molar-refractivity contribution >= 4 is 46.7 Å². The topological polar surface area (TPSA) is 160 Å². The molecule has 308 valence electrons. The van der Waals surface area contributed by atoms with Crippen molar-refractivity contribution in [3.05, 3.63) is 75.7 Å². The molecule has 9 rings (SSSR count). The number of ether oxygens (including phenoxy) is 3. The molecule has 6 heterocycles. The number of hydrogen-bond donors (Lipinski definition) is 2. The first-order valence-corrected chi connectivity index (χ1v) is 21.1. The van der Waals surface area contributed by atoms with E-state index in [1.165, 1.54) is 0 Å². The maximum absolute atomic E-state index is 13.3. The molecule has 1 spiro atoms. The number of rotatable bonds is 8. The lowest BCUT2D eigenvalue weighted by molar-refractivity contribution is -0.136. The van der Waals surface area contributed by atoms with Gasteiger partial charge >= 0.3 is 0 Å². The number of fused-ring (bicyclic) bond motifs is 2. The molecule has 4 amide bonds. The van der Waals surface area contributed by atoms with Crippen molar-refractivity contribution in [2.45, 2.75) is 94.5 Å². The molecule has 0 bridgehead atoms. The van der Waals surface area contributed by atoms with Crippen LogP contribution in [-0.2, 0) is 16.1 Å². The molecule has 6 aliphatic rings. The van der Waals surface area contributed by atoms with Crippen molar-refractivity contribution in [2.24, 2.45) is 5.92 Å². The van der Waals surface area contributed by atoms with Gasteiger partial charge in [0.15, 0.2) is 23.0 Å². The molecule has 5 aliphatic heterocycles. The molecule has 15 nitrogen and oxygen atoms in total. The van der Waals surface area contributed by atoms with E-state index in [0.29, 0.717) is 64.7 Å². The Bertz CT molecular complexity index is 2170. The van der Waals surface area contributed by atoms with Crippen LogP contribution in [0.3, 0.4) is 0 Å². The summed E-state index contributed by atoms with van der Waals surface area (Å²) in [5.41, 5.74) is 1.62. The van der Waals surface area contributed by atoms with Gasteiger partial charge in [-0.25, -0.2) is 4.85 Å². The normalized spacial score (nSPS) is 24.3. The molecule has 3 aromatic rings. The minimum absolute atomic E-state index is 0.0285. The Balaban J connectivity index is 0.699. The Morgan fingerprint density at radius 1 is 0.966 bits per heavy atom. The Kier molecular flexibility index (Phi) is 10.8. The SMILES string of the molecule is [C-]#[N+]c1ccc(OC2CCC(NC(=O)c3ccc(N4CCC(CN5CCC6(CC5)COc5cc7c(cc5O6)CN(C5CCC(=O)NC5=O)C7=O)CC4)nn3)CC2)cc1Cl. The van der Waals surface area contributed by atoms with Crippen molar-refractivity contribution in [1.82, 2.24) is 30.6 Å². The number of piperidine rings is 3. The van der Waals surface area contributed by atoms with Crippen LogP contribution < -0.4 is 29.7 Å². The Morgan fingerprint density at radius 2 is 1.76 bits per heavy atom. The van der Waals surface area contributed by atoms with E-state index in [1.807, 2.05) is 12.1 Å². The van der Waals surface area contributed by atoms with Crippen molar-refractivity contribution in [3.63, 3.8) is 0 Å². The van der Waals surface area contributed by atoms with Gasteiger partial charge < -0.3 is 34.2 Å². The number of nitrogens with zero attached hydrogens (tertiary/aromatic N) is 6. The lowest BCUT2D eigenvalue weighted by atomic mass is 9.89. The van der Waals surface area contributed by atoms with Crippen molar-refractivity contribution in [1.29, 1.82) is 0 Å². The number of anilines is 1. The second-order valence-electron chi connectivity index (χ2n) is 16.7. The number of amides is 4. The zero-order valence-electron chi connectivity index (χ0n) is 32.8. The van der Waals surface area contributed by atoms with Gasteiger partial charge in [-0.1, -0.05) is 17.7 Å². The van der Waals surface area contributed by atoms with Gasteiger partial charge in [-0.15, -0.1) is 10.2 Å². The van der Waals surface area contributed by atoms with Crippen LogP contribution in [0.5, 0.6) is 17.2 Å². The number of nitrogens with one attached hydrogen (secondary N) is 2. The van der Waals surface area contributed by atoms with Crippen LogP contribution >= 0.6 is 11.6 Å². The number of carbonyl (C=O) groups is 4. The Morgan fingerprint density at radius 3 is 2.47 bits per heavy atom. The van der Waals surface area contributed by atoms with E-state index in [0.717, 1.165) is 95.5 Å². The average Bonchev–Trinajstić information content (AvgIpc) is 3.56. The third kappa shape index (κ3) is 8.25. The molecule has 59 heavy (non-hydrogen) atoms. The highest BCUT2D eigenvalue weighted by Crippen LogP contribution is 2.44. The quantitative estimate of drug-likeness (QED) is 0.231. The number of hydrogen-bond acceptors (Lipinski definition) is 11. The number of likely N-dealkylation sites (tertiary alicyclic amines) is 1. The average molecular weight is 823 g/mol. The summed E-state index contributed by atoms with van der Waals surface area (Å²) in [5, 5.41) is 14.6. The number of aromatic nitrogens is 2. The summed E-state index contributed by atoms with van der Waals surface area (Å²) in [6, 6.07) is 11.8. The lowest BCUT2D eigenvalue weighted by Crippen LogP contribution is -2.54. The van der Waals surface area contributed by atoms with Gasteiger partial charge in [0.25, 0.3) is 11.8 Å². The molecule has 1 saturated carbocycles. The van der Waals surface area contributed by atoms with Gasteiger partial charge in [0.05, 0.1) is 17.7 Å².